The van der Waals surface area contributed by atoms with Gasteiger partial charge in [-0.2, -0.15) is 0 Å². The molecular formula is C14H23N5O6. The number of nitrogen functional groups attached to an aromatic ring is 1. The van der Waals surface area contributed by atoms with Crippen LogP contribution in [0, 0.1) is 0 Å². The predicted octanol–water partition coefficient (Wildman–Crippen LogP) is -0.561. The average Bonchev–Trinajstić information content (AvgIpc) is 2.81. The summed E-state index contributed by atoms with van der Waals surface area (Å²) in [6.07, 6.45) is 1.74. The lowest BCUT2D eigenvalue weighted by Crippen LogP contribution is -2.21. The Hall–Kier alpha value is -2.92. The van der Waals surface area contributed by atoms with E-state index in [-0.39, 0.29) is 18.1 Å². The van der Waals surface area contributed by atoms with Crippen molar-refractivity contribution in [1.29, 1.82) is 0 Å². The number of nitrogens with zero attached hydrogens (tertiary/aromatic N) is 2. The molecule has 0 atom stereocenters. The van der Waals surface area contributed by atoms with Crippen molar-refractivity contribution in [2.24, 2.45) is 0 Å². The maximum absolute atomic E-state index is 11.6. The number of nitrogens with two attached hydrogens (primary N) is 1. The summed E-state index contributed by atoms with van der Waals surface area (Å²) >= 11 is 0. The van der Waals surface area contributed by atoms with Crippen molar-refractivity contribution >= 4 is 28.9 Å². The van der Waals surface area contributed by atoms with Gasteiger partial charge in [-0.3, -0.25) is 24.3 Å². The number of carbonyl (C=O) groups is 2. The first-order valence-electron chi connectivity index (χ1n) is 7.12. The lowest BCUT2D eigenvalue weighted by atomic mass is 10.2. The van der Waals surface area contributed by atoms with Gasteiger partial charge in [0.2, 0.25) is 5.95 Å². The molecule has 11 heteroatoms. The number of aliphatic hydroxyl groups is 1. The van der Waals surface area contributed by atoms with Crippen molar-refractivity contribution in [1.82, 2.24) is 19.9 Å². The molecule has 140 valence electrons. The zero-order chi connectivity index (χ0) is 19.6. The molecule has 11 nitrogen and oxygen atoms in total. The van der Waals surface area contributed by atoms with Crippen LogP contribution >= 0.6 is 0 Å². The number of carboxylic acid groups (broad SMARTS) is 2. The maximum Gasteiger partial charge on any atom is 0.300 e. The van der Waals surface area contributed by atoms with Crippen LogP contribution in [0.15, 0.2) is 11.0 Å². The molecule has 7 N–H and O–H groups in total. The number of fused-ring (bicyclic) bond motifs is 1. The van der Waals surface area contributed by atoms with Gasteiger partial charge in [0.15, 0.2) is 0 Å². The molecular weight excluding hydrogens is 334 g/mol. The Morgan fingerprint density at radius 2 is 1.80 bits per heavy atom. The first-order valence-corrected chi connectivity index (χ1v) is 7.12. The summed E-state index contributed by atoms with van der Waals surface area (Å²) in [4.78, 5) is 40.9. The second-order valence-corrected chi connectivity index (χ2v) is 4.99. The smallest absolute Gasteiger partial charge is 0.300 e. The standard InChI is InChI=1S/C10H15N5O2.2C2H4O2/c1-15(2-3-16)5-6-4-12-8-7(6)13-10(11)14-9(8)17;2*1-2(3)4/h4,12,16H,2-3,5H2,1H3,(H3,11,13,14,17);2*1H3,(H,3,4). The highest BCUT2D eigenvalue weighted by Gasteiger charge is 2.10. The average molecular weight is 357 g/mol. The van der Waals surface area contributed by atoms with Crippen LogP contribution in [0.1, 0.15) is 19.4 Å². The molecule has 0 radical (unpaired) electrons. The fourth-order valence-corrected chi connectivity index (χ4v) is 1.75. The Bertz CT molecular complexity index is 734. The van der Waals surface area contributed by atoms with Crippen LogP contribution in [0.2, 0.25) is 0 Å². The molecule has 0 saturated carbocycles. The van der Waals surface area contributed by atoms with Gasteiger partial charge in [-0.15, -0.1) is 0 Å². The highest BCUT2D eigenvalue weighted by Crippen LogP contribution is 2.14. The Morgan fingerprint density at radius 3 is 2.28 bits per heavy atom. The van der Waals surface area contributed by atoms with Crippen molar-refractivity contribution in [3.63, 3.8) is 0 Å². The van der Waals surface area contributed by atoms with Gasteiger partial charge in [-0.05, 0) is 7.05 Å². The van der Waals surface area contributed by atoms with Gasteiger partial charge in [0.25, 0.3) is 17.5 Å². The second kappa shape index (κ2) is 10.8. The van der Waals surface area contributed by atoms with Crippen LogP contribution < -0.4 is 11.3 Å². The highest BCUT2D eigenvalue weighted by atomic mass is 16.4. The van der Waals surface area contributed by atoms with E-state index in [1.165, 1.54) is 0 Å². The van der Waals surface area contributed by atoms with E-state index in [4.69, 9.17) is 30.6 Å². The fourth-order valence-electron chi connectivity index (χ4n) is 1.75. The number of rotatable bonds is 4. The van der Waals surface area contributed by atoms with Crippen LogP contribution in [0.5, 0.6) is 0 Å². The lowest BCUT2D eigenvalue weighted by Gasteiger charge is -2.13. The molecule has 0 aromatic carbocycles. The Balaban J connectivity index is 0.000000609. The van der Waals surface area contributed by atoms with Gasteiger partial charge in [0.05, 0.1) is 6.61 Å². The number of likely N-dealkylation sites (N-methyl/N-ethyl adjacent to an activating group) is 1. The van der Waals surface area contributed by atoms with Crippen LogP contribution in [0.4, 0.5) is 5.95 Å². The Labute approximate surface area is 143 Å². The van der Waals surface area contributed by atoms with E-state index >= 15 is 0 Å². The van der Waals surface area contributed by atoms with Crippen molar-refractivity contribution in [3.05, 3.63) is 22.1 Å². The number of nitrogens with one attached hydrogen (secondary N) is 2. The van der Waals surface area contributed by atoms with Crippen molar-refractivity contribution < 1.29 is 24.9 Å². The molecule has 0 unspecified atom stereocenters. The zero-order valence-electron chi connectivity index (χ0n) is 14.2. The van der Waals surface area contributed by atoms with Crippen LogP contribution in [-0.2, 0) is 16.1 Å². The monoisotopic (exact) mass is 357 g/mol. The van der Waals surface area contributed by atoms with E-state index in [1.807, 2.05) is 11.9 Å². The number of hydrogen-bond donors (Lipinski definition) is 6. The summed E-state index contributed by atoms with van der Waals surface area (Å²) in [7, 11) is 1.88. The van der Waals surface area contributed by atoms with Crippen molar-refractivity contribution in [2.45, 2.75) is 20.4 Å². The van der Waals surface area contributed by atoms with Crippen molar-refractivity contribution in [3.8, 4) is 0 Å². The number of aromatic nitrogens is 3. The minimum atomic E-state index is -0.833. The maximum atomic E-state index is 11.6. The molecule has 0 bridgehead atoms. The Morgan fingerprint density at radius 1 is 1.28 bits per heavy atom. The van der Waals surface area contributed by atoms with Crippen LogP contribution in [0.3, 0.4) is 0 Å². The quantitative estimate of drug-likeness (QED) is 0.417. The number of aliphatic hydroxyl groups excluding tert-OH is 1. The number of aliphatic carboxylic acids is 2. The molecule has 2 aromatic heterocycles. The normalized spacial score (nSPS) is 9.80. The van der Waals surface area contributed by atoms with E-state index < -0.39 is 11.9 Å². The van der Waals surface area contributed by atoms with Gasteiger partial charge >= 0.3 is 0 Å². The van der Waals surface area contributed by atoms with Crippen LogP contribution in [0.25, 0.3) is 11.0 Å². The number of hydrogen-bond acceptors (Lipinski definition) is 7. The first-order chi connectivity index (χ1) is 11.6. The van der Waals surface area contributed by atoms with E-state index in [0.29, 0.717) is 24.1 Å². The second-order valence-electron chi connectivity index (χ2n) is 4.99. The number of carboxylic acids is 2. The SMILES string of the molecule is CC(=O)O.CC(=O)O.CN(CCO)Cc1c[nH]c2c(=O)[nH]c(N)nc12. The summed E-state index contributed by atoms with van der Waals surface area (Å²) in [5, 5.41) is 23.7. The summed E-state index contributed by atoms with van der Waals surface area (Å²) in [5.41, 5.74) is 7.12. The molecule has 0 saturated heterocycles. The zero-order valence-corrected chi connectivity index (χ0v) is 14.2. The number of anilines is 1. The topological polar surface area (TPSA) is 186 Å². The molecule has 0 aliphatic carbocycles. The molecule has 2 rings (SSSR count). The minimum Gasteiger partial charge on any atom is -0.481 e. The third-order valence-electron chi connectivity index (χ3n) is 2.55. The van der Waals surface area contributed by atoms with E-state index in [9.17, 15) is 4.79 Å². The van der Waals surface area contributed by atoms with Gasteiger partial charge in [-0.25, -0.2) is 4.98 Å². The summed E-state index contributed by atoms with van der Waals surface area (Å²) < 4.78 is 0. The summed E-state index contributed by atoms with van der Waals surface area (Å²) in [5.74, 6) is -1.56. The van der Waals surface area contributed by atoms with Gasteiger partial charge in [0.1, 0.15) is 11.0 Å². The molecule has 0 spiro atoms. The molecule has 0 amide bonds. The van der Waals surface area contributed by atoms with E-state index in [2.05, 4.69) is 15.0 Å². The predicted molar refractivity (Wildman–Crippen MR) is 91.2 cm³/mol. The largest absolute Gasteiger partial charge is 0.481 e. The van der Waals surface area contributed by atoms with E-state index in [0.717, 1.165) is 19.4 Å². The molecule has 2 heterocycles. The lowest BCUT2D eigenvalue weighted by molar-refractivity contribution is -0.135. The molecule has 0 aliphatic rings. The van der Waals surface area contributed by atoms with E-state index in [1.54, 1.807) is 6.20 Å². The molecule has 2 aromatic rings. The third-order valence-corrected chi connectivity index (χ3v) is 2.55. The highest BCUT2D eigenvalue weighted by molar-refractivity contribution is 5.78. The van der Waals surface area contributed by atoms with Crippen LogP contribution in [-0.4, -0.2) is 67.3 Å². The Kier molecular flexibility index (Phi) is 9.52. The minimum absolute atomic E-state index is 0.0923. The molecule has 0 aliphatic heterocycles. The summed E-state index contributed by atoms with van der Waals surface area (Å²) in [6, 6.07) is 0. The fraction of sp³-hybridized carbons (Fsp3) is 0.429. The van der Waals surface area contributed by atoms with Gasteiger partial charge in [0, 0.05) is 38.7 Å². The van der Waals surface area contributed by atoms with Crippen molar-refractivity contribution in [2.75, 3.05) is 25.9 Å². The van der Waals surface area contributed by atoms with Gasteiger partial charge in [-0.1, -0.05) is 0 Å². The summed E-state index contributed by atoms with van der Waals surface area (Å²) in [6.45, 7) is 3.41. The van der Waals surface area contributed by atoms with Gasteiger partial charge < -0.3 is 26.0 Å². The first kappa shape index (κ1) is 22.1. The third kappa shape index (κ3) is 9.07. The number of H-pyrrole nitrogens is 2. The molecule has 25 heavy (non-hydrogen) atoms. The number of aromatic amines is 2. The molecule has 0 fully saturated rings.